The molecule has 0 aromatic heterocycles. The van der Waals surface area contributed by atoms with Crippen molar-refractivity contribution in [3.63, 3.8) is 0 Å². The largest absolute Gasteiger partial charge is 0.464 e. The van der Waals surface area contributed by atoms with Gasteiger partial charge in [0.15, 0.2) is 0 Å². The number of hydrogen-bond acceptors (Lipinski definition) is 4. The first-order valence-electron chi connectivity index (χ1n) is 8.96. The highest BCUT2D eigenvalue weighted by Crippen LogP contribution is 2.87. The van der Waals surface area contributed by atoms with Gasteiger partial charge in [0.1, 0.15) is 0 Å². The van der Waals surface area contributed by atoms with Crippen molar-refractivity contribution < 1.29 is 18.6 Å². The molecule has 0 spiro atoms. The Bertz CT molecular complexity index is 457. The van der Waals surface area contributed by atoms with Crippen LogP contribution < -0.4 is 0 Å². The molecule has 2 heterocycles. The summed E-state index contributed by atoms with van der Waals surface area (Å²) in [6.45, 7) is 17.0. The fourth-order valence-electron chi connectivity index (χ4n) is 4.63. The third-order valence-corrected chi connectivity index (χ3v) is 7.62. The average molecular weight is 320 g/mol. The molecule has 3 aliphatic carbocycles. The van der Waals surface area contributed by atoms with Gasteiger partial charge in [0.25, 0.3) is 0 Å². The van der Waals surface area contributed by atoms with Crippen LogP contribution >= 0.6 is 0 Å². The molecule has 5 fully saturated rings. The van der Waals surface area contributed by atoms with Gasteiger partial charge in [-0.2, -0.15) is 0 Å². The molecule has 0 N–H and O–H groups in total. The highest BCUT2D eigenvalue weighted by atomic mass is 16.7. The van der Waals surface area contributed by atoms with Crippen LogP contribution in [-0.2, 0) is 18.6 Å². The van der Waals surface area contributed by atoms with Crippen LogP contribution in [0.25, 0.3) is 0 Å². The summed E-state index contributed by atoms with van der Waals surface area (Å²) >= 11 is 0. The molecule has 2 aliphatic heterocycles. The van der Waals surface area contributed by atoms with Gasteiger partial charge in [0, 0.05) is 10.6 Å². The van der Waals surface area contributed by atoms with Crippen LogP contribution in [0.3, 0.4) is 0 Å². The second kappa shape index (κ2) is 4.03. The van der Waals surface area contributed by atoms with Crippen LogP contribution in [0.1, 0.15) is 74.7 Å². The Balaban J connectivity index is 1.45. The molecular weight excluding hydrogens is 290 g/mol. The summed E-state index contributed by atoms with van der Waals surface area (Å²) in [6, 6.07) is 0. The molecular formula is C17H30B2O4. The summed E-state index contributed by atoms with van der Waals surface area (Å²) in [5.74, 6) is 0. The van der Waals surface area contributed by atoms with E-state index in [2.05, 4.69) is 55.4 Å². The molecule has 0 amide bonds. The molecule has 3 saturated carbocycles. The molecule has 0 aromatic rings. The third-order valence-electron chi connectivity index (χ3n) is 7.62. The van der Waals surface area contributed by atoms with Crippen molar-refractivity contribution in [2.24, 2.45) is 0 Å². The Kier molecular flexibility index (Phi) is 2.88. The van der Waals surface area contributed by atoms with Gasteiger partial charge in [-0.15, -0.1) is 0 Å². The van der Waals surface area contributed by atoms with Gasteiger partial charge in [-0.05, 0) is 74.7 Å². The topological polar surface area (TPSA) is 36.9 Å². The Morgan fingerprint density at radius 1 is 0.478 bits per heavy atom. The lowest BCUT2D eigenvalue weighted by atomic mass is 9.16. The predicted molar refractivity (Wildman–Crippen MR) is 91.4 cm³/mol. The summed E-state index contributed by atoms with van der Waals surface area (Å²) in [7, 11) is -0.173. The zero-order chi connectivity index (χ0) is 17.1. The Labute approximate surface area is 141 Å². The average Bonchev–Trinajstić information content (AvgIpc) is 2.53. The minimum Gasteiger partial charge on any atom is -0.403 e. The van der Waals surface area contributed by atoms with Crippen LogP contribution in [0, 0.1) is 0 Å². The summed E-state index contributed by atoms with van der Waals surface area (Å²) in [5, 5.41) is 0.350. The van der Waals surface area contributed by atoms with Crippen molar-refractivity contribution in [3.05, 3.63) is 0 Å². The van der Waals surface area contributed by atoms with Crippen molar-refractivity contribution in [3.8, 4) is 0 Å². The van der Waals surface area contributed by atoms with Crippen molar-refractivity contribution in [2.75, 3.05) is 0 Å². The predicted octanol–water partition coefficient (Wildman–Crippen LogP) is 3.85. The first-order valence-corrected chi connectivity index (χ1v) is 8.96. The fourth-order valence-corrected chi connectivity index (χ4v) is 4.63. The Morgan fingerprint density at radius 3 is 0.913 bits per heavy atom. The minimum absolute atomic E-state index is 0.0863. The van der Waals surface area contributed by atoms with Crippen molar-refractivity contribution in [1.29, 1.82) is 0 Å². The Hall–Kier alpha value is -0.0301. The van der Waals surface area contributed by atoms with E-state index >= 15 is 0 Å². The highest BCUT2D eigenvalue weighted by Gasteiger charge is 2.82. The van der Waals surface area contributed by atoms with Crippen LogP contribution in [-0.4, -0.2) is 36.6 Å². The summed E-state index contributed by atoms with van der Waals surface area (Å²) in [5.41, 5.74) is -0.982. The van der Waals surface area contributed by atoms with Gasteiger partial charge in [-0.1, -0.05) is 0 Å². The molecule has 128 valence electrons. The van der Waals surface area contributed by atoms with E-state index in [0.29, 0.717) is 0 Å². The molecule has 0 atom stereocenters. The van der Waals surface area contributed by atoms with Gasteiger partial charge in [-0.3, -0.25) is 0 Å². The van der Waals surface area contributed by atoms with Gasteiger partial charge in [0.2, 0.25) is 0 Å². The van der Waals surface area contributed by atoms with Crippen LogP contribution in [0.15, 0.2) is 0 Å². The van der Waals surface area contributed by atoms with E-state index in [4.69, 9.17) is 18.6 Å². The standard InChI is InChI=1S/C17H30B2O4/c1-12(2)13(3,4)21-18(20-12)16-9-17(10-16,11-16)19-22-14(5,6)15(7,8)23-19/h9-11H2,1-8H3. The molecule has 5 aliphatic rings. The van der Waals surface area contributed by atoms with E-state index in [1.165, 1.54) is 0 Å². The second-order valence-electron chi connectivity index (χ2n) is 10.4. The lowest BCUT2D eigenvalue weighted by molar-refractivity contribution is -0.0106. The van der Waals surface area contributed by atoms with Crippen molar-refractivity contribution in [2.45, 2.75) is 108 Å². The summed E-state index contributed by atoms with van der Waals surface area (Å²) in [6.07, 6.45) is 3.27. The fraction of sp³-hybridized carbons (Fsp3) is 1.00. The smallest absolute Gasteiger partial charge is 0.403 e. The second-order valence-corrected chi connectivity index (χ2v) is 10.4. The maximum absolute atomic E-state index is 6.29. The van der Waals surface area contributed by atoms with E-state index < -0.39 is 0 Å². The molecule has 2 saturated heterocycles. The van der Waals surface area contributed by atoms with E-state index in [-0.39, 0.29) is 47.3 Å². The van der Waals surface area contributed by atoms with Gasteiger partial charge in [-0.25, -0.2) is 0 Å². The van der Waals surface area contributed by atoms with E-state index in [9.17, 15) is 0 Å². The van der Waals surface area contributed by atoms with Crippen LogP contribution in [0.2, 0.25) is 10.6 Å². The van der Waals surface area contributed by atoms with E-state index in [0.717, 1.165) is 19.3 Å². The monoisotopic (exact) mass is 320 g/mol. The summed E-state index contributed by atoms with van der Waals surface area (Å²) < 4.78 is 25.2. The molecule has 0 radical (unpaired) electrons. The van der Waals surface area contributed by atoms with Gasteiger partial charge < -0.3 is 18.6 Å². The Morgan fingerprint density at radius 2 is 0.696 bits per heavy atom. The maximum atomic E-state index is 6.29. The summed E-state index contributed by atoms with van der Waals surface area (Å²) in [4.78, 5) is 0. The molecule has 5 rings (SSSR count). The zero-order valence-electron chi connectivity index (χ0n) is 15.9. The lowest BCUT2D eigenvalue weighted by Crippen LogP contribution is -2.65. The third kappa shape index (κ3) is 1.90. The molecule has 6 heteroatoms. The van der Waals surface area contributed by atoms with Gasteiger partial charge in [0.05, 0.1) is 22.4 Å². The number of rotatable bonds is 2. The minimum atomic E-state index is -0.245. The van der Waals surface area contributed by atoms with E-state index in [1.54, 1.807) is 0 Å². The first kappa shape index (κ1) is 16.4. The molecule has 0 aromatic carbocycles. The first-order chi connectivity index (χ1) is 10.2. The number of hydrogen-bond donors (Lipinski definition) is 0. The van der Waals surface area contributed by atoms with Gasteiger partial charge >= 0.3 is 14.2 Å². The van der Waals surface area contributed by atoms with Crippen LogP contribution in [0.5, 0.6) is 0 Å². The highest BCUT2D eigenvalue weighted by molar-refractivity contribution is 6.57. The van der Waals surface area contributed by atoms with Crippen molar-refractivity contribution >= 4 is 14.2 Å². The quantitative estimate of drug-likeness (QED) is 0.724. The lowest BCUT2D eigenvalue weighted by Gasteiger charge is -2.71. The van der Waals surface area contributed by atoms with E-state index in [1.807, 2.05) is 0 Å². The SMILES string of the molecule is CC1(C)OB(C23CC(B4OC(C)(C)C(C)(C)O4)(C2)C3)OC1(C)C. The normalized spacial score (nSPS) is 44.9. The van der Waals surface area contributed by atoms with Crippen LogP contribution in [0.4, 0.5) is 0 Å². The molecule has 4 nitrogen and oxygen atoms in total. The molecule has 23 heavy (non-hydrogen) atoms. The zero-order valence-corrected chi connectivity index (χ0v) is 15.9. The maximum Gasteiger partial charge on any atom is 0.464 e. The molecule has 0 unspecified atom stereocenters. The van der Waals surface area contributed by atoms with Crippen molar-refractivity contribution in [1.82, 2.24) is 0 Å². The molecule has 2 bridgehead atoms.